The predicted molar refractivity (Wildman–Crippen MR) is 61.5 cm³/mol. The molecule has 0 amide bonds. The lowest BCUT2D eigenvalue weighted by Gasteiger charge is -2.05. The molecule has 8 heteroatoms. The number of nitrogens with one attached hydrogen (secondary N) is 1. The topological polar surface area (TPSA) is 49.3 Å². The van der Waals surface area contributed by atoms with Crippen LogP contribution < -0.4 is 5.32 Å². The summed E-state index contributed by atoms with van der Waals surface area (Å²) in [6.07, 6.45) is 0. The highest BCUT2D eigenvalue weighted by Crippen LogP contribution is 2.29. The third-order valence-corrected chi connectivity index (χ3v) is 3.53. The van der Waals surface area contributed by atoms with E-state index in [0.717, 1.165) is 16.2 Å². The molecule has 0 fully saturated rings. The van der Waals surface area contributed by atoms with Gasteiger partial charge in [-0.15, -0.1) is 11.3 Å². The van der Waals surface area contributed by atoms with Crippen molar-refractivity contribution in [1.82, 2.24) is 5.32 Å². The largest absolute Gasteiger partial charge is 0.477 e. The summed E-state index contributed by atoms with van der Waals surface area (Å²) in [5, 5.41) is 11.5. The van der Waals surface area contributed by atoms with E-state index in [9.17, 15) is 18.0 Å². The van der Waals surface area contributed by atoms with E-state index in [1.54, 1.807) is 6.07 Å². The van der Waals surface area contributed by atoms with E-state index in [-0.39, 0.29) is 28.9 Å². The number of hydrogen-bond donors (Lipinski definition) is 2. The summed E-state index contributed by atoms with van der Waals surface area (Å²) in [7, 11) is 0. The first-order valence-electron chi connectivity index (χ1n) is 4.62. The van der Waals surface area contributed by atoms with E-state index in [0.29, 0.717) is 6.54 Å². The van der Waals surface area contributed by atoms with Gasteiger partial charge in [0.1, 0.15) is 4.88 Å². The first-order valence-corrected chi connectivity index (χ1v) is 6.42. The molecule has 0 saturated heterocycles. The molecule has 17 heavy (non-hydrogen) atoms. The number of thiophene rings is 1. The number of aromatic carboxylic acids is 1. The minimum Gasteiger partial charge on any atom is -0.477 e. The Hall–Kier alpha value is -0.730. The second kappa shape index (κ2) is 6.27. The molecule has 0 aromatic carbocycles. The SMILES string of the molecule is O=C(O)c1ccc(CNCCSC(F)(F)F)s1. The molecule has 0 saturated carbocycles. The molecule has 0 aliphatic heterocycles. The van der Waals surface area contributed by atoms with Gasteiger partial charge in [0.25, 0.3) is 0 Å². The Kier molecular flexibility index (Phi) is 5.29. The number of carboxylic acid groups (broad SMARTS) is 1. The van der Waals surface area contributed by atoms with Gasteiger partial charge >= 0.3 is 11.5 Å². The summed E-state index contributed by atoms with van der Waals surface area (Å²) < 4.78 is 35.3. The average Bonchev–Trinajstić information content (AvgIpc) is 2.64. The van der Waals surface area contributed by atoms with E-state index in [1.807, 2.05) is 0 Å². The van der Waals surface area contributed by atoms with E-state index < -0.39 is 11.5 Å². The van der Waals surface area contributed by atoms with Crippen LogP contribution in [0.4, 0.5) is 13.2 Å². The number of carboxylic acids is 1. The van der Waals surface area contributed by atoms with Crippen LogP contribution in [0.25, 0.3) is 0 Å². The van der Waals surface area contributed by atoms with Crippen molar-refractivity contribution >= 4 is 29.1 Å². The van der Waals surface area contributed by atoms with Crippen LogP contribution >= 0.6 is 23.1 Å². The lowest BCUT2D eigenvalue weighted by molar-refractivity contribution is -0.0327. The summed E-state index contributed by atoms with van der Waals surface area (Å²) in [4.78, 5) is 11.6. The monoisotopic (exact) mass is 285 g/mol. The molecule has 1 aromatic rings. The Morgan fingerprint density at radius 2 is 2.18 bits per heavy atom. The van der Waals surface area contributed by atoms with Gasteiger partial charge in [-0.1, -0.05) is 0 Å². The summed E-state index contributed by atoms with van der Waals surface area (Å²) in [6, 6.07) is 3.13. The molecule has 0 unspecified atom stereocenters. The standard InChI is InChI=1S/C9H10F3NO2S2/c10-9(11,12)16-4-3-13-5-6-1-2-7(17-6)8(14)15/h1-2,13H,3-5H2,(H,14,15). The van der Waals surface area contributed by atoms with E-state index in [4.69, 9.17) is 5.11 Å². The number of thioether (sulfide) groups is 1. The molecule has 0 aliphatic rings. The lowest BCUT2D eigenvalue weighted by atomic mass is 10.4. The zero-order valence-electron chi connectivity index (χ0n) is 8.58. The van der Waals surface area contributed by atoms with E-state index in [2.05, 4.69) is 5.32 Å². The third kappa shape index (κ3) is 5.94. The van der Waals surface area contributed by atoms with Crippen molar-refractivity contribution in [2.75, 3.05) is 12.3 Å². The van der Waals surface area contributed by atoms with Crippen LogP contribution in [0.1, 0.15) is 14.5 Å². The fourth-order valence-corrected chi connectivity index (χ4v) is 2.33. The summed E-state index contributed by atoms with van der Waals surface area (Å²) in [5.74, 6) is -1.05. The normalized spacial score (nSPS) is 11.7. The zero-order chi connectivity index (χ0) is 12.9. The molecular formula is C9H10F3NO2S2. The summed E-state index contributed by atoms with van der Waals surface area (Å²) in [5.41, 5.74) is -4.19. The number of alkyl halides is 3. The van der Waals surface area contributed by atoms with Gasteiger partial charge in [0, 0.05) is 23.7 Å². The molecule has 1 aromatic heterocycles. The van der Waals surface area contributed by atoms with Crippen LogP contribution in [0.5, 0.6) is 0 Å². The molecule has 2 N–H and O–H groups in total. The van der Waals surface area contributed by atoms with Gasteiger partial charge in [-0.3, -0.25) is 0 Å². The van der Waals surface area contributed by atoms with Gasteiger partial charge in [0.15, 0.2) is 0 Å². The van der Waals surface area contributed by atoms with E-state index >= 15 is 0 Å². The molecule has 1 heterocycles. The maximum absolute atomic E-state index is 11.8. The van der Waals surface area contributed by atoms with Gasteiger partial charge in [0.2, 0.25) is 0 Å². The molecule has 0 spiro atoms. The smallest absolute Gasteiger partial charge is 0.441 e. The van der Waals surface area contributed by atoms with Gasteiger partial charge in [0.05, 0.1) is 0 Å². The van der Waals surface area contributed by atoms with Crippen molar-refractivity contribution in [3.05, 3.63) is 21.9 Å². The van der Waals surface area contributed by atoms with Crippen LogP contribution in [0.2, 0.25) is 0 Å². The van der Waals surface area contributed by atoms with Crippen molar-refractivity contribution < 1.29 is 23.1 Å². The third-order valence-electron chi connectivity index (χ3n) is 1.72. The molecule has 1 rings (SSSR count). The lowest BCUT2D eigenvalue weighted by Crippen LogP contribution is -2.17. The second-order valence-electron chi connectivity index (χ2n) is 3.04. The van der Waals surface area contributed by atoms with Gasteiger partial charge in [-0.2, -0.15) is 13.2 Å². The Balaban J connectivity index is 2.20. The molecule has 3 nitrogen and oxygen atoms in total. The molecular weight excluding hydrogens is 275 g/mol. The Morgan fingerprint density at radius 1 is 1.47 bits per heavy atom. The average molecular weight is 285 g/mol. The minimum atomic E-state index is -4.19. The van der Waals surface area contributed by atoms with Gasteiger partial charge in [-0.05, 0) is 23.9 Å². The fourth-order valence-electron chi connectivity index (χ4n) is 1.04. The Morgan fingerprint density at radius 3 is 2.71 bits per heavy atom. The highest BCUT2D eigenvalue weighted by molar-refractivity contribution is 8.00. The number of halogens is 3. The highest BCUT2D eigenvalue weighted by atomic mass is 32.2. The van der Waals surface area contributed by atoms with Crippen molar-refractivity contribution in [2.24, 2.45) is 0 Å². The minimum absolute atomic E-state index is 0.0549. The van der Waals surface area contributed by atoms with Crippen molar-refractivity contribution in [3.63, 3.8) is 0 Å². The maximum Gasteiger partial charge on any atom is 0.441 e. The first kappa shape index (κ1) is 14.3. The quantitative estimate of drug-likeness (QED) is 0.789. The Bertz CT molecular complexity index is 379. The van der Waals surface area contributed by atoms with Gasteiger partial charge in [-0.25, -0.2) is 4.79 Å². The van der Waals surface area contributed by atoms with Crippen LogP contribution in [-0.2, 0) is 6.54 Å². The fraction of sp³-hybridized carbons (Fsp3) is 0.444. The van der Waals surface area contributed by atoms with E-state index in [1.165, 1.54) is 6.07 Å². The van der Waals surface area contributed by atoms with Crippen molar-refractivity contribution in [1.29, 1.82) is 0 Å². The first-order chi connectivity index (χ1) is 7.88. The number of hydrogen-bond acceptors (Lipinski definition) is 4. The van der Waals surface area contributed by atoms with Gasteiger partial charge < -0.3 is 10.4 Å². The number of rotatable bonds is 6. The van der Waals surface area contributed by atoms with Crippen LogP contribution in [0, 0.1) is 0 Å². The highest BCUT2D eigenvalue weighted by Gasteiger charge is 2.27. The van der Waals surface area contributed by atoms with Crippen LogP contribution in [0.3, 0.4) is 0 Å². The molecule has 96 valence electrons. The zero-order valence-corrected chi connectivity index (χ0v) is 10.2. The van der Waals surface area contributed by atoms with Crippen molar-refractivity contribution in [2.45, 2.75) is 12.1 Å². The summed E-state index contributed by atoms with van der Waals surface area (Å²) >= 11 is 1.04. The molecule has 0 bridgehead atoms. The molecule has 0 radical (unpaired) electrons. The predicted octanol–water partition coefficient (Wildman–Crippen LogP) is 2.79. The molecule has 0 atom stereocenters. The van der Waals surface area contributed by atoms with Crippen molar-refractivity contribution in [3.8, 4) is 0 Å². The second-order valence-corrected chi connectivity index (χ2v) is 5.37. The summed E-state index contributed by atoms with van der Waals surface area (Å²) in [6.45, 7) is 0.612. The van der Waals surface area contributed by atoms with Crippen LogP contribution in [0.15, 0.2) is 12.1 Å². The Labute approximate surface area is 104 Å². The number of carbonyl (C=O) groups is 1. The molecule has 0 aliphatic carbocycles. The maximum atomic E-state index is 11.8. The van der Waals surface area contributed by atoms with Crippen LogP contribution in [-0.4, -0.2) is 28.9 Å².